The molecule has 0 fully saturated rings. The van der Waals surface area contributed by atoms with Crippen molar-refractivity contribution in [2.24, 2.45) is 0 Å². The summed E-state index contributed by atoms with van der Waals surface area (Å²) >= 11 is 0. The van der Waals surface area contributed by atoms with Crippen LogP contribution in [0, 0.1) is 0 Å². The van der Waals surface area contributed by atoms with Crippen LogP contribution in [0.25, 0.3) is 0 Å². The minimum Gasteiger partial charge on any atom is -0.381 e. The van der Waals surface area contributed by atoms with E-state index in [9.17, 15) is 4.79 Å². The predicted molar refractivity (Wildman–Crippen MR) is 101 cm³/mol. The summed E-state index contributed by atoms with van der Waals surface area (Å²) in [5.74, 6) is 0.0851. The second-order valence-corrected chi connectivity index (χ2v) is 6.42. The van der Waals surface area contributed by atoms with Crippen LogP contribution in [-0.4, -0.2) is 25.7 Å². The molecule has 0 aromatic heterocycles. The maximum Gasteiger partial charge on any atom is 0.222 e. The van der Waals surface area contributed by atoms with Gasteiger partial charge < -0.3 is 10.1 Å². The summed E-state index contributed by atoms with van der Waals surface area (Å²) < 4.78 is 5.55. The molecule has 0 radical (unpaired) electrons. The summed E-state index contributed by atoms with van der Waals surface area (Å²) in [5.41, 5.74) is 1.25. The van der Waals surface area contributed by atoms with Crippen LogP contribution >= 0.6 is 0 Å². The first-order valence-corrected chi connectivity index (χ1v) is 9.71. The van der Waals surface area contributed by atoms with E-state index in [1.54, 1.807) is 0 Å². The zero-order chi connectivity index (χ0) is 17.3. The Bertz CT molecular complexity index is 406. The molecule has 0 unspecified atom stereocenters. The number of unbranched alkanes of at least 4 members (excludes halogenated alkanes) is 7. The van der Waals surface area contributed by atoms with Gasteiger partial charge in [0.15, 0.2) is 0 Å². The number of amides is 1. The highest BCUT2D eigenvalue weighted by molar-refractivity contribution is 5.75. The highest BCUT2D eigenvalue weighted by Gasteiger charge is 2.01. The third kappa shape index (κ3) is 12.1. The molecule has 1 aromatic rings. The van der Waals surface area contributed by atoms with E-state index in [0.29, 0.717) is 19.6 Å². The van der Waals surface area contributed by atoms with E-state index in [-0.39, 0.29) is 5.91 Å². The number of carbonyl (C=O) groups is 1. The van der Waals surface area contributed by atoms with Gasteiger partial charge in [0.2, 0.25) is 5.91 Å². The largest absolute Gasteiger partial charge is 0.381 e. The van der Waals surface area contributed by atoms with Crippen molar-refractivity contribution in [1.82, 2.24) is 5.32 Å². The Morgan fingerprint density at radius 3 is 2.29 bits per heavy atom. The Kier molecular flexibility index (Phi) is 13.1. The molecule has 1 N–H and O–H groups in total. The molecule has 0 aliphatic carbocycles. The van der Waals surface area contributed by atoms with E-state index in [2.05, 4.69) is 24.4 Å². The second-order valence-electron chi connectivity index (χ2n) is 6.42. The molecule has 24 heavy (non-hydrogen) atoms. The molecule has 1 aromatic carbocycles. The molecular weight excluding hydrogens is 298 g/mol. The fourth-order valence-electron chi connectivity index (χ4n) is 2.68. The zero-order valence-electron chi connectivity index (χ0n) is 15.4. The SMILES string of the molecule is CCCCCCCCCCOCCC(=O)NCCc1ccccc1. The first-order valence-electron chi connectivity index (χ1n) is 9.71. The monoisotopic (exact) mass is 333 g/mol. The summed E-state index contributed by atoms with van der Waals surface area (Å²) in [7, 11) is 0. The van der Waals surface area contributed by atoms with E-state index in [4.69, 9.17) is 4.74 Å². The van der Waals surface area contributed by atoms with Gasteiger partial charge in [-0.2, -0.15) is 0 Å². The molecule has 1 amide bonds. The number of hydrogen-bond acceptors (Lipinski definition) is 2. The Balaban J connectivity index is 1.82. The normalized spacial score (nSPS) is 10.7. The number of nitrogens with one attached hydrogen (secondary N) is 1. The fraction of sp³-hybridized carbons (Fsp3) is 0.667. The van der Waals surface area contributed by atoms with Crippen molar-refractivity contribution in [3.63, 3.8) is 0 Å². The van der Waals surface area contributed by atoms with E-state index < -0.39 is 0 Å². The average molecular weight is 334 g/mol. The van der Waals surface area contributed by atoms with Crippen molar-refractivity contribution in [3.05, 3.63) is 35.9 Å². The minimum absolute atomic E-state index is 0.0851. The fourth-order valence-corrected chi connectivity index (χ4v) is 2.68. The highest BCUT2D eigenvalue weighted by atomic mass is 16.5. The van der Waals surface area contributed by atoms with Gasteiger partial charge in [-0.15, -0.1) is 0 Å². The van der Waals surface area contributed by atoms with Crippen LogP contribution in [-0.2, 0) is 16.0 Å². The van der Waals surface area contributed by atoms with Crippen molar-refractivity contribution >= 4 is 5.91 Å². The average Bonchev–Trinajstić information content (AvgIpc) is 2.60. The standard InChI is InChI=1S/C21H35NO2/c1-2-3-4-5-6-7-8-12-18-24-19-16-21(23)22-17-15-20-13-10-9-11-14-20/h9-11,13-14H,2-8,12,15-19H2,1H3,(H,22,23). The van der Waals surface area contributed by atoms with Crippen molar-refractivity contribution in [2.45, 2.75) is 71.1 Å². The lowest BCUT2D eigenvalue weighted by atomic mass is 10.1. The topological polar surface area (TPSA) is 38.3 Å². The summed E-state index contributed by atoms with van der Waals surface area (Å²) in [6.45, 7) is 4.27. The van der Waals surface area contributed by atoms with E-state index in [1.165, 1.54) is 50.5 Å². The van der Waals surface area contributed by atoms with E-state index in [1.807, 2.05) is 18.2 Å². The van der Waals surface area contributed by atoms with Crippen LogP contribution < -0.4 is 5.32 Å². The number of carbonyl (C=O) groups excluding carboxylic acids is 1. The van der Waals surface area contributed by atoms with Gasteiger partial charge in [0.05, 0.1) is 6.61 Å². The number of benzene rings is 1. The number of ether oxygens (including phenoxy) is 1. The van der Waals surface area contributed by atoms with Gasteiger partial charge >= 0.3 is 0 Å². The lowest BCUT2D eigenvalue weighted by Gasteiger charge is -2.06. The molecule has 0 aliphatic heterocycles. The van der Waals surface area contributed by atoms with Crippen molar-refractivity contribution in [2.75, 3.05) is 19.8 Å². The molecule has 0 aliphatic rings. The van der Waals surface area contributed by atoms with Gasteiger partial charge in [0.1, 0.15) is 0 Å². The van der Waals surface area contributed by atoms with Crippen LogP contribution in [0.3, 0.4) is 0 Å². The van der Waals surface area contributed by atoms with E-state index in [0.717, 1.165) is 19.4 Å². The second kappa shape index (κ2) is 15.2. The van der Waals surface area contributed by atoms with Gasteiger partial charge in [-0.3, -0.25) is 4.79 Å². The van der Waals surface area contributed by atoms with Crippen LogP contribution in [0.4, 0.5) is 0 Å². The summed E-state index contributed by atoms with van der Waals surface area (Å²) in [4.78, 5) is 11.7. The lowest BCUT2D eigenvalue weighted by molar-refractivity contribution is -0.122. The Labute approximate surface area is 148 Å². The van der Waals surface area contributed by atoms with Crippen molar-refractivity contribution in [3.8, 4) is 0 Å². The maximum atomic E-state index is 11.7. The van der Waals surface area contributed by atoms with Crippen LogP contribution in [0.5, 0.6) is 0 Å². The molecule has 3 nitrogen and oxygen atoms in total. The van der Waals surface area contributed by atoms with Crippen molar-refractivity contribution in [1.29, 1.82) is 0 Å². The highest BCUT2D eigenvalue weighted by Crippen LogP contribution is 2.08. The summed E-state index contributed by atoms with van der Waals surface area (Å²) in [6, 6.07) is 10.2. The van der Waals surface area contributed by atoms with Gasteiger partial charge in [0, 0.05) is 19.6 Å². The van der Waals surface area contributed by atoms with E-state index >= 15 is 0 Å². The van der Waals surface area contributed by atoms with Crippen molar-refractivity contribution < 1.29 is 9.53 Å². The molecule has 3 heteroatoms. The predicted octanol–water partition coefficient (Wildman–Crippen LogP) is 4.89. The quantitative estimate of drug-likeness (QED) is 0.464. The molecule has 0 saturated heterocycles. The summed E-state index contributed by atoms with van der Waals surface area (Å²) in [6.07, 6.45) is 11.8. The first-order chi connectivity index (χ1) is 11.8. The zero-order valence-corrected chi connectivity index (χ0v) is 15.4. The van der Waals surface area contributed by atoms with Crippen LogP contribution in [0.15, 0.2) is 30.3 Å². The van der Waals surface area contributed by atoms with Gasteiger partial charge in [-0.25, -0.2) is 0 Å². The van der Waals surface area contributed by atoms with Gasteiger partial charge in [0.25, 0.3) is 0 Å². The Morgan fingerprint density at radius 2 is 1.58 bits per heavy atom. The Hall–Kier alpha value is -1.35. The lowest BCUT2D eigenvalue weighted by Crippen LogP contribution is -2.26. The molecule has 0 heterocycles. The smallest absolute Gasteiger partial charge is 0.222 e. The Morgan fingerprint density at radius 1 is 0.917 bits per heavy atom. The third-order valence-electron chi connectivity index (χ3n) is 4.19. The minimum atomic E-state index is 0.0851. The first kappa shape index (κ1) is 20.7. The molecule has 1 rings (SSSR count). The molecule has 0 bridgehead atoms. The van der Waals surface area contributed by atoms with Crippen LogP contribution in [0.1, 0.15) is 70.3 Å². The number of hydrogen-bond donors (Lipinski definition) is 1. The molecule has 0 atom stereocenters. The molecular formula is C21H35NO2. The molecule has 0 spiro atoms. The number of rotatable bonds is 15. The molecule has 136 valence electrons. The third-order valence-corrected chi connectivity index (χ3v) is 4.19. The van der Waals surface area contributed by atoms with Gasteiger partial charge in [-0.1, -0.05) is 82.2 Å². The van der Waals surface area contributed by atoms with Crippen LogP contribution in [0.2, 0.25) is 0 Å². The van der Waals surface area contributed by atoms with Gasteiger partial charge in [-0.05, 0) is 18.4 Å². The molecule has 0 saturated carbocycles. The maximum absolute atomic E-state index is 11.7. The summed E-state index contributed by atoms with van der Waals surface area (Å²) in [5, 5.41) is 2.95.